The number of hydrogen-bond acceptors (Lipinski definition) is 2. The van der Waals surface area contributed by atoms with Crippen molar-refractivity contribution in [2.75, 3.05) is 19.8 Å². The van der Waals surface area contributed by atoms with Gasteiger partial charge in [-0.25, -0.2) is 0 Å². The van der Waals surface area contributed by atoms with E-state index in [0.717, 1.165) is 25.2 Å². The third kappa shape index (κ3) is 0.565. The van der Waals surface area contributed by atoms with Gasteiger partial charge in [-0.15, -0.1) is 0 Å². The molecule has 0 bridgehead atoms. The van der Waals surface area contributed by atoms with Gasteiger partial charge in [-0.3, -0.25) is 0 Å². The van der Waals surface area contributed by atoms with E-state index in [0.29, 0.717) is 0 Å². The largest absolute Gasteiger partial charge is 0.381 e. The van der Waals surface area contributed by atoms with Crippen LogP contribution in [0.2, 0.25) is 0 Å². The minimum Gasteiger partial charge on any atom is -0.381 e. The van der Waals surface area contributed by atoms with E-state index < -0.39 is 0 Å². The first-order chi connectivity index (χ1) is 3.97. The van der Waals surface area contributed by atoms with Crippen LogP contribution in [0.4, 0.5) is 0 Å². The van der Waals surface area contributed by atoms with Crippen LogP contribution in [0, 0.1) is 5.92 Å². The van der Waals surface area contributed by atoms with Gasteiger partial charge < -0.3 is 10.1 Å². The minimum absolute atomic E-state index is 0.809. The zero-order valence-electron chi connectivity index (χ0n) is 4.89. The van der Waals surface area contributed by atoms with Crippen LogP contribution >= 0.6 is 0 Å². The third-order valence-electron chi connectivity index (χ3n) is 2.09. The summed E-state index contributed by atoms with van der Waals surface area (Å²) in [6, 6.07) is 0.809. The van der Waals surface area contributed by atoms with Crippen molar-refractivity contribution in [3.8, 4) is 0 Å². The van der Waals surface area contributed by atoms with Gasteiger partial charge in [-0.05, 0) is 13.0 Å². The summed E-state index contributed by atoms with van der Waals surface area (Å²) >= 11 is 0. The summed E-state index contributed by atoms with van der Waals surface area (Å²) in [5.41, 5.74) is 0. The van der Waals surface area contributed by atoms with E-state index in [-0.39, 0.29) is 0 Å². The zero-order valence-corrected chi connectivity index (χ0v) is 4.89. The molecular formula is C6H11NO. The average Bonchev–Trinajstić information content (AvgIpc) is 1.47. The summed E-state index contributed by atoms with van der Waals surface area (Å²) in [6.07, 6.45) is 1.37. The highest BCUT2D eigenvalue weighted by atomic mass is 16.5. The van der Waals surface area contributed by atoms with E-state index >= 15 is 0 Å². The van der Waals surface area contributed by atoms with Crippen molar-refractivity contribution in [3.63, 3.8) is 0 Å². The summed E-state index contributed by atoms with van der Waals surface area (Å²) < 4.78 is 5.05. The van der Waals surface area contributed by atoms with Crippen LogP contribution in [0.15, 0.2) is 0 Å². The molecule has 2 fully saturated rings. The molecule has 46 valence electrons. The average molecular weight is 113 g/mol. The molecule has 0 spiro atoms. The fourth-order valence-corrected chi connectivity index (χ4v) is 1.20. The van der Waals surface area contributed by atoms with E-state index in [1.54, 1.807) is 0 Å². The molecule has 2 saturated heterocycles. The van der Waals surface area contributed by atoms with Crippen molar-refractivity contribution >= 4 is 0 Å². The topological polar surface area (TPSA) is 21.3 Å². The highest BCUT2D eigenvalue weighted by Gasteiger charge is 2.31. The van der Waals surface area contributed by atoms with Crippen LogP contribution in [0.1, 0.15) is 6.42 Å². The quantitative estimate of drug-likeness (QED) is 0.516. The maximum Gasteiger partial charge on any atom is 0.0531 e. The predicted octanol–water partition coefficient (Wildman–Crippen LogP) is -0.00530. The Morgan fingerprint density at radius 1 is 1.38 bits per heavy atom. The second-order valence-electron chi connectivity index (χ2n) is 2.65. The zero-order chi connectivity index (χ0) is 5.40. The molecule has 0 amide bonds. The number of hydrogen-bond donors (Lipinski definition) is 1. The van der Waals surface area contributed by atoms with Crippen molar-refractivity contribution in [2.24, 2.45) is 5.92 Å². The lowest BCUT2D eigenvalue weighted by atomic mass is 9.91. The Balaban J connectivity index is 1.79. The second kappa shape index (κ2) is 1.71. The van der Waals surface area contributed by atoms with Gasteiger partial charge in [0.15, 0.2) is 0 Å². The normalized spacial score (nSPS) is 38.2. The molecule has 8 heavy (non-hydrogen) atoms. The van der Waals surface area contributed by atoms with Gasteiger partial charge in [-0.2, -0.15) is 0 Å². The smallest absolute Gasteiger partial charge is 0.0531 e. The second-order valence-corrected chi connectivity index (χ2v) is 2.65. The molecular weight excluding hydrogens is 102 g/mol. The van der Waals surface area contributed by atoms with Gasteiger partial charge >= 0.3 is 0 Å². The van der Waals surface area contributed by atoms with Crippen molar-refractivity contribution in [3.05, 3.63) is 0 Å². The van der Waals surface area contributed by atoms with E-state index in [1.165, 1.54) is 13.0 Å². The first-order valence-electron chi connectivity index (χ1n) is 3.28. The van der Waals surface area contributed by atoms with Gasteiger partial charge in [0.25, 0.3) is 0 Å². The predicted molar refractivity (Wildman–Crippen MR) is 30.7 cm³/mol. The van der Waals surface area contributed by atoms with Crippen LogP contribution in [0.25, 0.3) is 0 Å². The fourth-order valence-electron chi connectivity index (χ4n) is 1.20. The van der Waals surface area contributed by atoms with Gasteiger partial charge in [0.1, 0.15) is 0 Å². The summed E-state index contributed by atoms with van der Waals surface area (Å²) in [4.78, 5) is 0. The van der Waals surface area contributed by atoms with E-state index in [9.17, 15) is 0 Å². The summed E-state index contributed by atoms with van der Waals surface area (Å²) in [7, 11) is 0. The maximum absolute atomic E-state index is 5.05. The minimum atomic E-state index is 0.809. The van der Waals surface area contributed by atoms with Gasteiger partial charge in [0.05, 0.1) is 13.2 Å². The van der Waals surface area contributed by atoms with Gasteiger partial charge in [0.2, 0.25) is 0 Å². The van der Waals surface area contributed by atoms with Crippen LogP contribution in [-0.4, -0.2) is 25.8 Å². The lowest BCUT2D eigenvalue weighted by Gasteiger charge is -2.39. The molecule has 1 N–H and O–H groups in total. The fraction of sp³-hybridized carbons (Fsp3) is 1.00. The molecule has 0 aromatic carbocycles. The summed E-state index contributed by atoms with van der Waals surface area (Å²) in [5.74, 6) is 0.851. The lowest BCUT2D eigenvalue weighted by molar-refractivity contribution is -0.0603. The molecule has 1 unspecified atom stereocenters. The Labute approximate surface area is 49.2 Å². The lowest BCUT2D eigenvalue weighted by Crippen LogP contribution is -2.54. The molecule has 2 heterocycles. The molecule has 1 atom stereocenters. The van der Waals surface area contributed by atoms with Crippen LogP contribution < -0.4 is 5.32 Å². The molecule has 2 nitrogen and oxygen atoms in total. The van der Waals surface area contributed by atoms with Crippen LogP contribution in [-0.2, 0) is 4.74 Å². The molecule has 0 radical (unpaired) electrons. The molecule has 2 aliphatic rings. The molecule has 0 aromatic rings. The highest BCUT2D eigenvalue weighted by molar-refractivity contribution is 4.87. The molecule has 2 aliphatic heterocycles. The van der Waals surface area contributed by atoms with E-state index in [4.69, 9.17) is 4.74 Å². The summed E-state index contributed by atoms with van der Waals surface area (Å²) in [5, 5.41) is 3.37. The van der Waals surface area contributed by atoms with Crippen LogP contribution in [0.3, 0.4) is 0 Å². The van der Waals surface area contributed by atoms with Crippen molar-refractivity contribution in [2.45, 2.75) is 12.5 Å². The number of rotatable bonds is 1. The maximum atomic E-state index is 5.05. The summed E-state index contributed by atoms with van der Waals surface area (Å²) in [6.45, 7) is 3.22. The molecule has 2 heteroatoms. The first kappa shape index (κ1) is 4.77. The van der Waals surface area contributed by atoms with Crippen molar-refractivity contribution in [1.82, 2.24) is 5.32 Å². The number of ether oxygens (including phenoxy) is 1. The molecule has 0 aromatic heterocycles. The Morgan fingerprint density at radius 3 is 2.25 bits per heavy atom. The van der Waals surface area contributed by atoms with Crippen molar-refractivity contribution < 1.29 is 4.74 Å². The Morgan fingerprint density at radius 2 is 2.12 bits per heavy atom. The molecule has 0 aliphatic carbocycles. The molecule has 0 saturated carbocycles. The monoisotopic (exact) mass is 113 g/mol. The van der Waals surface area contributed by atoms with Gasteiger partial charge in [-0.1, -0.05) is 0 Å². The van der Waals surface area contributed by atoms with Crippen molar-refractivity contribution in [1.29, 1.82) is 0 Å². The Kier molecular flexibility index (Phi) is 1.02. The van der Waals surface area contributed by atoms with E-state index in [1.807, 2.05) is 0 Å². The highest BCUT2D eigenvalue weighted by Crippen LogP contribution is 2.20. The van der Waals surface area contributed by atoms with Gasteiger partial charge in [0, 0.05) is 12.0 Å². The number of nitrogens with one attached hydrogen (secondary N) is 1. The Hall–Kier alpha value is -0.0800. The van der Waals surface area contributed by atoms with E-state index in [2.05, 4.69) is 5.32 Å². The van der Waals surface area contributed by atoms with Crippen LogP contribution in [0.5, 0.6) is 0 Å². The SMILES string of the molecule is C1CC(C2COC2)N1. The Bertz CT molecular complexity index is 74.5. The standard InChI is InChI=1S/C6H11NO/c1-2-7-6(1)5-3-8-4-5/h5-7H,1-4H2. The third-order valence-corrected chi connectivity index (χ3v) is 2.09. The molecule has 2 rings (SSSR count). The first-order valence-corrected chi connectivity index (χ1v) is 3.28.